The van der Waals surface area contributed by atoms with Gasteiger partial charge in [-0.05, 0) is 48.0 Å². The van der Waals surface area contributed by atoms with E-state index in [1.807, 2.05) is 25.6 Å². The van der Waals surface area contributed by atoms with E-state index in [0.717, 1.165) is 21.5 Å². The molecule has 1 N–H and O–H groups in total. The number of hydrogen-bond acceptors (Lipinski definition) is 2. The quantitative estimate of drug-likeness (QED) is 0.939. The van der Waals surface area contributed by atoms with E-state index in [9.17, 15) is 4.39 Å². The molecule has 0 amide bonds. The number of anilines is 1. The lowest BCUT2D eigenvalue weighted by atomic mass is 10.2. The monoisotopic (exact) mass is 311 g/mol. The van der Waals surface area contributed by atoms with E-state index in [-0.39, 0.29) is 5.82 Å². The fourth-order valence-electron chi connectivity index (χ4n) is 1.89. The third kappa shape index (κ3) is 2.56. The molecule has 0 radical (unpaired) electrons. The first kappa shape index (κ1) is 13.1. The number of benzene rings is 1. The minimum absolute atomic E-state index is 0.249. The summed E-state index contributed by atoms with van der Waals surface area (Å²) in [5, 5.41) is 7.65. The van der Waals surface area contributed by atoms with Crippen LogP contribution in [0.15, 0.2) is 22.7 Å². The first-order valence-electron chi connectivity index (χ1n) is 5.67. The average Bonchev–Trinajstić information content (AvgIpc) is 2.53. The summed E-state index contributed by atoms with van der Waals surface area (Å²) in [6.45, 7) is 4.70. The topological polar surface area (TPSA) is 29.9 Å². The number of nitrogens with one attached hydrogen (secondary N) is 1. The van der Waals surface area contributed by atoms with Crippen LogP contribution in [0.1, 0.15) is 17.0 Å². The maximum atomic E-state index is 13.0. The molecule has 0 atom stereocenters. The third-order valence-corrected chi connectivity index (χ3v) is 3.70. The van der Waals surface area contributed by atoms with E-state index in [4.69, 9.17) is 0 Å². The minimum Gasteiger partial charge on any atom is -0.380 e. The Kier molecular flexibility index (Phi) is 3.71. The van der Waals surface area contributed by atoms with Crippen LogP contribution in [0.2, 0.25) is 0 Å². The summed E-state index contributed by atoms with van der Waals surface area (Å²) in [4.78, 5) is 0. The van der Waals surface area contributed by atoms with Gasteiger partial charge in [-0.3, -0.25) is 4.68 Å². The Morgan fingerprint density at radius 3 is 2.67 bits per heavy atom. The molecule has 0 aliphatic heterocycles. The normalized spacial score (nSPS) is 10.7. The Labute approximate surface area is 114 Å². The minimum atomic E-state index is -0.249. The van der Waals surface area contributed by atoms with Crippen molar-refractivity contribution in [2.75, 3.05) is 5.32 Å². The molecule has 0 saturated heterocycles. The van der Waals surface area contributed by atoms with Crippen LogP contribution in [-0.4, -0.2) is 9.78 Å². The van der Waals surface area contributed by atoms with Gasteiger partial charge in [0.25, 0.3) is 0 Å². The summed E-state index contributed by atoms with van der Waals surface area (Å²) in [5.41, 5.74) is 4.20. The summed E-state index contributed by atoms with van der Waals surface area (Å²) >= 11 is 3.34. The van der Waals surface area contributed by atoms with Gasteiger partial charge < -0.3 is 5.32 Å². The maximum absolute atomic E-state index is 13.0. The van der Waals surface area contributed by atoms with Gasteiger partial charge in [-0.25, -0.2) is 4.39 Å². The average molecular weight is 312 g/mol. The number of aryl methyl sites for hydroxylation is 2. The molecule has 0 saturated carbocycles. The molecule has 0 aliphatic carbocycles. The Hall–Kier alpha value is -1.36. The first-order chi connectivity index (χ1) is 8.49. The van der Waals surface area contributed by atoms with E-state index in [1.165, 1.54) is 17.7 Å². The second-order valence-electron chi connectivity index (χ2n) is 4.25. The summed E-state index contributed by atoms with van der Waals surface area (Å²) < 4.78 is 15.6. The standard InChI is InChI=1S/C13H15BrFN3/c1-8-11(9(2)18(3)17-8)7-16-13-5-4-10(15)6-12(13)14/h4-6,16H,7H2,1-3H3. The number of aromatic nitrogens is 2. The number of nitrogens with zero attached hydrogens (tertiary/aromatic N) is 2. The second-order valence-corrected chi connectivity index (χ2v) is 5.11. The SMILES string of the molecule is Cc1nn(C)c(C)c1CNc1ccc(F)cc1Br. The van der Waals surface area contributed by atoms with Crippen LogP contribution in [0.4, 0.5) is 10.1 Å². The van der Waals surface area contributed by atoms with Crippen molar-refractivity contribution in [2.45, 2.75) is 20.4 Å². The summed E-state index contributed by atoms with van der Waals surface area (Å²) in [6, 6.07) is 4.61. The van der Waals surface area contributed by atoms with Gasteiger partial charge >= 0.3 is 0 Å². The molecule has 0 fully saturated rings. The third-order valence-electron chi connectivity index (χ3n) is 3.05. The summed E-state index contributed by atoms with van der Waals surface area (Å²) in [7, 11) is 1.93. The van der Waals surface area contributed by atoms with E-state index in [0.29, 0.717) is 6.54 Å². The number of halogens is 2. The Balaban J connectivity index is 2.16. The van der Waals surface area contributed by atoms with Crippen molar-refractivity contribution < 1.29 is 4.39 Å². The van der Waals surface area contributed by atoms with Crippen molar-refractivity contribution in [3.8, 4) is 0 Å². The number of hydrogen-bond donors (Lipinski definition) is 1. The summed E-state index contributed by atoms with van der Waals surface area (Å²) in [5.74, 6) is -0.249. The van der Waals surface area contributed by atoms with Gasteiger partial charge in [-0.2, -0.15) is 5.10 Å². The van der Waals surface area contributed by atoms with Crippen LogP contribution in [0, 0.1) is 19.7 Å². The van der Waals surface area contributed by atoms with Gasteiger partial charge in [0, 0.05) is 35.0 Å². The van der Waals surface area contributed by atoms with Crippen LogP contribution < -0.4 is 5.32 Å². The molecule has 1 heterocycles. The lowest BCUT2D eigenvalue weighted by Crippen LogP contribution is -2.03. The predicted octanol–water partition coefficient (Wildman–Crippen LogP) is 3.55. The first-order valence-corrected chi connectivity index (χ1v) is 6.46. The second kappa shape index (κ2) is 5.10. The Bertz CT molecular complexity index is 578. The van der Waals surface area contributed by atoms with Crippen molar-refractivity contribution in [2.24, 2.45) is 7.05 Å². The van der Waals surface area contributed by atoms with Crippen molar-refractivity contribution in [1.29, 1.82) is 0 Å². The van der Waals surface area contributed by atoms with Gasteiger partial charge in [0.2, 0.25) is 0 Å². The molecular weight excluding hydrogens is 297 g/mol. The fraction of sp³-hybridized carbons (Fsp3) is 0.308. The van der Waals surface area contributed by atoms with Crippen LogP contribution in [0.5, 0.6) is 0 Å². The predicted molar refractivity (Wildman–Crippen MR) is 74.1 cm³/mol. The molecule has 18 heavy (non-hydrogen) atoms. The smallest absolute Gasteiger partial charge is 0.124 e. The number of rotatable bonds is 3. The zero-order chi connectivity index (χ0) is 13.3. The zero-order valence-corrected chi connectivity index (χ0v) is 12.2. The molecule has 2 rings (SSSR count). The largest absolute Gasteiger partial charge is 0.380 e. The van der Waals surface area contributed by atoms with E-state index in [1.54, 1.807) is 6.07 Å². The molecule has 1 aromatic carbocycles. The molecular formula is C13H15BrFN3. The zero-order valence-electron chi connectivity index (χ0n) is 10.6. The highest BCUT2D eigenvalue weighted by molar-refractivity contribution is 9.10. The lowest BCUT2D eigenvalue weighted by Gasteiger charge is -2.09. The molecule has 0 spiro atoms. The Morgan fingerprint density at radius 1 is 1.39 bits per heavy atom. The van der Waals surface area contributed by atoms with Crippen LogP contribution in [0.3, 0.4) is 0 Å². The fourth-order valence-corrected chi connectivity index (χ4v) is 2.38. The van der Waals surface area contributed by atoms with Crippen LogP contribution in [-0.2, 0) is 13.6 Å². The molecule has 0 bridgehead atoms. The maximum Gasteiger partial charge on any atom is 0.124 e. The Morgan fingerprint density at radius 2 is 2.11 bits per heavy atom. The molecule has 0 unspecified atom stereocenters. The highest BCUT2D eigenvalue weighted by Crippen LogP contribution is 2.24. The van der Waals surface area contributed by atoms with Crippen LogP contribution >= 0.6 is 15.9 Å². The van der Waals surface area contributed by atoms with Gasteiger partial charge in [0.1, 0.15) is 5.82 Å². The summed E-state index contributed by atoms with van der Waals surface area (Å²) in [6.07, 6.45) is 0. The van der Waals surface area contributed by atoms with Gasteiger partial charge in [0.05, 0.1) is 5.69 Å². The highest BCUT2D eigenvalue weighted by Gasteiger charge is 2.09. The van der Waals surface area contributed by atoms with Gasteiger partial charge in [0.15, 0.2) is 0 Å². The van der Waals surface area contributed by atoms with E-state index >= 15 is 0 Å². The molecule has 5 heteroatoms. The van der Waals surface area contributed by atoms with Crippen molar-refractivity contribution in [3.05, 3.63) is 45.4 Å². The molecule has 2 aromatic rings. The molecule has 3 nitrogen and oxygen atoms in total. The van der Waals surface area contributed by atoms with Crippen molar-refractivity contribution in [3.63, 3.8) is 0 Å². The van der Waals surface area contributed by atoms with Crippen molar-refractivity contribution in [1.82, 2.24) is 9.78 Å². The van der Waals surface area contributed by atoms with E-state index in [2.05, 4.69) is 26.3 Å². The van der Waals surface area contributed by atoms with Crippen LogP contribution in [0.25, 0.3) is 0 Å². The van der Waals surface area contributed by atoms with Gasteiger partial charge in [-0.15, -0.1) is 0 Å². The van der Waals surface area contributed by atoms with E-state index < -0.39 is 0 Å². The highest BCUT2D eigenvalue weighted by atomic mass is 79.9. The molecule has 96 valence electrons. The molecule has 0 aliphatic rings. The lowest BCUT2D eigenvalue weighted by molar-refractivity contribution is 0.627. The van der Waals surface area contributed by atoms with Gasteiger partial charge in [-0.1, -0.05) is 0 Å². The van der Waals surface area contributed by atoms with Crippen molar-refractivity contribution >= 4 is 21.6 Å². The molecule has 1 aromatic heterocycles.